The second kappa shape index (κ2) is 7.18. The highest BCUT2D eigenvalue weighted by molar-refractivity contribution is 6.03. The van der Waals surface area contributed by atoms with Crippen LogP contribution in [0.25, 0.3) is 0 Å². The minimum absolute atomic E-state index is 0.223. The highest BCUT2D eigenvalue weighted by Gasteiger charge is 2.10. The lowest BCUT2D eigenvalue weighted by molar-refractivity contribution is 0.102. The van der Waals surface area contributed by atoms with Gasteiger partial charge in [0.2, 0.25) is 0 Å². The molecule has 2 aromatic carbocycles. The molecule has 25 heavy (non-hydrogen) atoms. The SMILES string of the molecule is Cc1ccc(Nc2ccnc(C(=O)Nc3ccc(C)cc3C)c2)cc1. The van der Waals surface area contributed by atoms with Crippen LogP contribution in [0.5, 0.6) is 0 Å². The number of aromatic nitrogens is 1. The van der Waals surface area contributed by atoms with Gasteiger partial charge in [-0.05, 0) is 56.7 Å². The molecule has 4 nitrogen and oxygen atoms in total. The van der Waals surface area contributed by atoms with E-state index < -0.39 is 0 Å². The molecule has 4 heteroatoms. The van der Waals surface area contributed by atoms with Gasteiger partial charge >= 0.3 is 0 Å². The van der Waals surface area contributed by atoms with E-state index in [1.54, 1.807) is 12.3 Å². The molecule has 1 amide bonds. The molecule has 3 rings (SSSR count). The third-order valence-corrected chi connectivity index (χ3v) is 3.96. The molecule has 0 saturated heterocycles. The Morgan fingerprint density at radius 1 is 0.840 bits per heavy atom. The lowest BCUT2D eigenvalue weighted by atomic mass is 10.1. The Labute approximate surface area is 147 Å². The van der Waals surface area contributed by atoms with Gasteiger partial charge in [-0.15, -0.1) is 0 Å². The lowest BCUT2D eigenvalue weighted by Gasteiger charge is -2.10. The minimum atomic E-state index is -0.223. The van der Waals surface area contributed by atoms with Crippen LogP contribution < -0.4 is 10.6 Å². The molecule has 0 aliphatic rings. The maximum atomic E-state index is 12.5. The van der Waals surface area contributed by atoms with Crippen molar-refractivity contribution in [1.82, 2.24) is 4.98 Å². The first kappa shape index (κ1) is 16.7. The number of benzene rings is 2. The molecule has 126 valence electrons. The number of hydrogen-bond acceptors (Lipinski definition) is 3. The van der Waals surface area contributed by atoms with Crippen LogP contribution in [0, 0.1) is 20.8 Å². The second-order valence-electron chi connectivity index (χ2n) is 6.19. The van der Waals surface area contributed by atoms with Crippen molar-refractivity contribution >= 4 is 23.0 Å². The summed E-state index contributed by atoms with van der Waals surface area (Å²) < 4.78 is 0. The molecule has 1 heterocycles. The summed E-state index contributed by atoms with van der Waals surface area (Å²) >= 11 is 0. The van der Waals surface area contributed by atoms with Crippen LogP contribution in [0.2, 0.25) is 0 Å². The molecule has 0 aliphatic heterocycles. The van der Waals surface area contributed by atoms with Gasteiger partial charge in [0.1, 0.15) is 5.69 Å². The summed E-state index contributed by atoms with van der Waals surface area (Å²) in [6.45, 7) is 6.05. The van der Waals surface area contributed by atoms with Crippen LogP contribution in [0.1, 0.15) is 27.2 Å². The number of anilines is 3. The third kappa shape index (κ3) is 4.23. The van der Waals surface area contributed by atoms with Crippen LogP contribution >= 0.6 is 0 Å². The Hall–Kier alpha value is -3.14. The normalized spacial score (nSPS) is 10.4. The van der Waals surface area contributed by atoms with E-state index in [0.29, 0.717) is 5.69 Å². The molecular formula is C21H21N3O. The Morgan fingerprint density at radius 3 is 2.28 bits per heavy atom. The molecule has 0 atom stereocenters. The summed E-state index contributed by atoms with van der Waals surface area (Å²) in [5.74, 6) is -0.223. The van der Waals surface area contributed by atoms with Crippen molar-refractivity contribution in [3.63, 3.8) is 0 Å². The number of carbonyl (C=O) groups is 1. The average Bonchev–Trinajstić information content (AvgIpc) is 2.60. The van der Waals surface area contributed by atoms with E-state index in [2.05, 4.69) is 15.6 Å². The number of rotatable bonds is 4. The fraction of sp³-hybridized carbons (Fsp3) is 0.143. The summed E-state index contributed by atoms with van der Waals surface area (Å²) in [4.78, 5) is 16.7. The second-order valence-corrected chi connectivity index (χ2v) is 6.19. The van der Waals surface area contributed by atoms with Crippen molar-refractivity contribution in [2.45, 2.75) is 20.8 Å². The van der Waals surface area contributed by atoms with Crippen molar-refractivity contribution in [3.8, 4) is 0 Å². The zero-order valence-electron chi connectivity index (χ0n) is 14.6. The predicted molar refractivity (Wildman–Crippen MR) is 103 cm³/mol. The first-order valence-electron chi connectivity index (χ1n) is 8.19. The number of nitrogens with one attached hydrogen (secondary N) is 2. The number of nitrogens with zero attached hydrogens (tertiary/aromatic N) is 1. The molecule has 0 radical (unpaired) electrons. The Bertz CT molecular complexity index is 901. The van der Waals surface area contributed by atoms with E-state index in [1.807, 2.05) is 69.3 Å². The van der Waals surface area contributed by atoms with Crippen molar-refractivity contribution < 1.29 is 4.79 Å². The van der Waals surface area contributed by atoms with Gasteiger partial charge < -0.3 is 10.6 Å². The fourth-order valence-corrected chi connectivity index (χ4v) is 2.58. The molecule has 3 aromatic rings. The van der Waals surface area contributed by atoms with Crippen LogP contribution in [-0.4, -0.2) is 10.9 Å². The van der Waals surface area contributed by atoms with Gasteiger partial charge in [-0.25, -0.2) is 0 Å². The largest absolute Gasteiger partial charge is 0.355 e. The Kier molecular flexibility index (Phi) is 4.80. The van der Waals surface area contributed by atoms with E-state index >= 15 is 0 Å². The van der Waals surface area contributed by atoms with E-state index in [-0.39, 0.29) is 5.91 Å². The minimum Gasteiger partial charge on any atom is -0.355 e. The predicted octanol–water partition coefficient (Wildman–Crippen LogP) is 5.00. The van der Waals surface area contributed by atoms with Crippen LogP contribution in [0.4, 0.5) is 17.1 Å². The standard InChI is InChI=1S/C21H21N3O/c1-14-4-7-17(8-5-14)23-18-10-11-22-20(13-18)21(25)24-19-9-6-15(2)12-16(19)3/h4-13H,1-3H3,(H,22,23)(H,24,25). The van der Waals surface area contributed by atoms with Crippen LogP contribution in [-0.2, 0) is 0 Å². The smallest absolute Gasteiger partial charge is 0.274 e. The zero-order chi connectivity index (χ0) is 17.8. The van der Waals surface area contributed by atoms with Gasteiger partial charge in [0.05, 0.1) is 0 Å². The van der Waals surface area contributed by atoms with E-state index in [1.165, 1.54) is 5.56 Å². The number of pyridine rings is 1. The first-order valence-corrected chi connectivity index (χ1v) is 8.19. The molecule has 1 aromatic heterocycles. The van der Waals surface area contributed by atoms with E-state index in [9.17, 15) is 4.79 Å². The number of carbonyl (C=O) groups excluding carboxylic acids is 1. The van der Waals surface area contributed by atoms with Crippen molar-refractivity contribution in [2.75, 3.05) is 10.6 Å². The topological polar surface area (TPSA) is 54.0 Å². The number of aryl methyl sites for hydroxylation is 3. The monoisotopic (exact) mass is 331 g/mol. The van der Waals surface area contributed by atoms with Gasteiger partial charge in [0, 0.05) is 23.3 Å². The summed E-state index contributed by atoms with van der Waals surface area (Å²) in [6.07, 6.45) is 1.63. The van der Waals surface area contributed by atoms with Crippen molar-refractivity contribution in [2.24, 2.45) is 0 Å². The fourth-order valence-electron chi connectivity index (χ4n) is 2.58. The van der Waals surface area contributed by atoms with Gasteiger partial charge in [-0.3, -0.25) is 9.78 Å². The molecule has 2 N–H and O–H groups in total. The Balaban J connectivity index is 1.76. The maximum Gasteiger partial charge on any atom is 0.274 e. The summed E-state index contributed by atoms with van der Waals surface area (Å²) in [5, 5.41) is 6.21. The molecular weight excluding hydrogens is 310 g/mol. The van der Waals surface area contributed by atoms with Gasteiger partial charge in [0.25, 0.3) is 5.91 Å². The Morgan fingerprint density at radius 2 is 1.56 bits per heavy atom. The van der Waals surface area contributed by atoms with E-state index in [4.69, 9.17) is 0 Å². The zero-order valence-corrected chi connectivity index (χ0v) is 14.6. The third-order valence-electron chi connectivity index (χ3n) is 3.96. The molecule has 0 saturated carbocycles. The maximum absolute atomic E-state index is 12.5. The molecule has 0 aliphatic carbocycles. The van der Waals surface area contributed by atoms with Crippen LogP contribution in [0.3, 0.4) is 0 Å². The quantitative estimate of drug-likeness (QED) is 0.707. The van der Waals surface area contributed by atoms with E-state index in [0.717, 1.165) is 28.2 Å². The lowest BCUT2D eigenvalue weighted by Crippen LogP contribution is -2.14. The molecule has 0 bridgehead atoms. The summed E-state index contributed by atoms with van der Waals surface area (Å²) in [5.41, 5.74) is 6.36. The molecule has 0 unspecified atom stereocenters. The highest BCUT2D eigenvalue weighted by atomic mass is 16.1. The first-order chi connectivity index (χ1) is 12.0. The number of amides is 1. The van der Waals surface area contributed by atoms with Gasteiger partial charge in [-0.2, -0.15) is 0 Å². The van der Waals surface area contributed by atoms with Crippen molar-refractivity contribution in [1.29, 1.82) is 0 Å². The van der Waals surface area contributed by atoms with Crippen LogP contribution in [0.15, 0.2) is 60.8 Å². The number of hydrogen-bond donors (Lipinski definition) is 2. The molecule has 0 fully saturated rings. The average molecular weight is 331 g/mol. The summed E-state index contributed by atoms with van der Waals surface area (Å²) in [6, 6.07) is 17.6. The molecule has 0 spiro atoms. The summed E-state index contributed by atoms with van der Waals surface area (Å²) in [7, 11) is 0. The van der Waals surface area contributed by atoms with Gasteiger partial charge in [-0.1, -0.05) is 35.4 Å². The van der Waals surface area contributed by atoms with Gasteiger partial charge in [0.15, 0.2) is 0 Å². The van der Waals surface area contributed by atoms with Crippen molar-refractivity contribution in [3.05, 3.63) is 83.2 Å². The highest BCUT2D eigenvalue weighted by Crippen LogP contribution is 2.19.